The number of hydrogen-bond acceptors (Lipinski definition) is 0. The molecule has 3 rings (SSSR count). The lowest BCUT2D eigenvalue weighted by Crippen LogP contribution is -2.13. The maximum absolute atomic E-state index is 9.45. The minimum atomic E-state index is 1.03. The van der Waals surface area contributed by atoms with Gasteiger partial charge in [-0.3, -0.25) is 0 Å². The van der Waals surface area contributed by atoms with Gasteiger partial charge in [-0.05, 0) is 104 Å². The molecule has 1 N–H and O–H groups in total. The van der Waals surface area contributed by atoms with Crippen LogP contribution in [0.25, 0.3) is 11.5 Å². The van der Waals surface area contributed by atoms with Crippen LogP contribution in [0.5, 0.6) is 0 Å². The third kappa shape index (κ3) is 8.95. The molecule has 1 aliphatic rings. The fourth-order valence-corrected chi connectivity index (χ4v) is 5.57. The first-order valence-electron chi connectivity index (χ1n) is 16.1. The second kappa shape index (κ2) is 16.5. The van der Waals surface area contributed by atoms with Crippen molar-refractivity contribution in [3.63, 3.8) is 0 Å². The van der Waals surface area contributed by atoms with E-state index in [-0.39, 0.29) is 0 Å². The molecule has 1 heterocycles. The van der Waals surface area contributed by atoms with Crippen LogP contribution in [0.4, 0.5) is 0 Å². The zero-order valence-electron chi connectivity index (χ0n) is 25.7. The van der Waals surface area contributed by atoms with Gasteiger partial charge in [0.05, 0.1) is 0 Å². The standard InChI is InChI=1S/C37H54N2/c1-6-11-16-21-33-28-36(34-24-29(17-12-7-2)22-30(25-34)18-13-8-3)39(38)37(33)35-26-31(19-14-9-4)23-32(27-35)20-15-10-5/h21-28,38H,6-20H2,1-5H3. The fraction of sp³-hybridized carbons (Fsp3) is 0.541. The molecule has 1 aliphatic heterocycles. The number of unbranched alkanes of at least 4 members (excludes halogenated alkanes) is 6. The van der Waals surface area contributed by atoms with Crippen molar-refractivity contribution in [1.82, 2.24) is 0 Å². The summed E-state index contributed by atoms with van der Waals surface area (Å²) >= 11 is 0. The van der Waals surface area contributed by atoms with Crippen molar-refractivity contribution in [2.75, 3.05) is 0 Å². The minimum absolute atomic E-state index is 1.03. The highest BCUT2D eigenvalue weighted by Crippen LogP contribution is 2.32. The van der Waals surface area contributed by atoms with Gasteiger partial charge in [0.15, 0.2) is 0 Å². The molecule has 2 aromatic carbocycles. The van der Waals surface area contributed by atoms with Crippen molar-refractivity contribution in [3.05, 3.63) is 93.3 Å². The predicted octanol–water partition coefficient (Wildman–Crippen LogP) is 11.0. The summed E-state index contributed by atoms with van der Waals surface area (Å²) in [5, 5.41) is 0. The second-order valence-electron chi connectivity index (χ2n) is 11.5. The quantitative estimate of drug-likeness (QED) is 0.145. The summed E-state index contributed by atoms with van der Waals surface area (Å²) in [5.74, 6) is 9.45. The molecule has 0 saturated heterocycles. The lowest BCUT2D eigenvalue weighted by atomic mass is 9.94. The molecule has 2 aromatic rings. The summed E-state index contributed by atoms with van der Waals surface area (Å²) in [6, 6.07) is 14.3. The summed E-state index contributed by atoms with van der Waals surface area (Å²) in [5.41, 5.74) is 11.4. The molecule has 0 atom stereocenters. The van der Waals surface area contributed by atoms with Gasteiger partial charge in [0.1, 0.15) is 0 Å². The number of benzene rings is 2. The van der Waals surface area contributed by atoms with Gasteiger partial charge in [0, 0.05) is 22.8 Å². The van der Waals surface area contributed by atoms with E-state index in [2.05, 4.69) is 83.2 Å². The van der Waals surface area contributed by atoms with Crippen LogP contribution in [-0.4, -0.2) is 10.4 Å². The van der Waals surface area contributed by atoms with Crippen LogP contribution < -0.4 is 0 Å². The van der Waals surface area contributed by atoms with E-state index >= 15 is 0 Å². The number of rotatable bonds is 17. The van der Waals surface area contributed by atoms with Crippen molar-refractivity contribution < 1.29 is 4.68 Å². The zero-order chi connectivity index (χ0) is 28.0. The summed E-state index contributed by atoms with van der Waals surface area (Å²) in [6.07, 6.45) is 22.3. The number of nitrogens with one attached hydrogen (secondary N) is 1. The lowest BCUT2D eigenvalue weighted by Gasteiger charge is -2.13. The molecule has 0 amide bonds. The van der Waals surface area contributed by atoms with Crippen LogP contribution in [0.1, 0.15) is 139 Å². The number of allylic oxidation sites excluding steroid dienone is 3. The predicted molar refractivity (Wildman–Crippen MR) is 172 cm³/mol. The first-order valence-corrected chi connectivity index (χ1v) is 16.1. The van der Waals surface area contributed by atoms with Crippen LogP contribution in [0.3, 0.4) is 0 Å². The van der Waals surface area contributed by atoms with Crippen LogP contribution in [-0.2, 0) is 25.7 Å². The molecule has 0 bridgehead atoms. The van der Waals surface area contributed by atoms with Crippen LogP contribution in [0, 0.1) is 0 Å². The Hall–Kier alpha value is -2.61. The van der Waals surface area contributed by atoms with Crippen molar-refractivity contribution in [2.45, 2.75) is 131 Å². The third-order valence-corrected chi connectivity index (χ3v) is 7.90. The van der Waals surface area contributed by atoms with Crippen molar-refractivity contribution in [2.24, 2.45) is 0 Å². The first-order chi connectivity index (χ1) is 19.0. The van der Waals surface area contributed by atoms with E-state index in [1.165, 1.54) is 103 Å². The molecule has 0 saturated carbocycles. The Labute approximate surface area is 240 Å². The SMILES string of the molecule is CCCCC=C1C=C(c2cc(CCCC)cc(CCCC)c2)[N+]([NH-])=C1c1cc(CCCC)cc(CCCC)c1. The maximum Gasteiger partial charge on any atom is 0.215 e. The molecule has 0 radical (unpaired) electrons. The molecular formula is C37H54N2. The maximum atomic E-state index is 9.45. The van der Waals surface area contributed by atoms with Gasteiger partial charge >= 0.3 is 0 Å². The van der Waals surface area contributed by atoms with Crippen molar-refractivity contribution in [3.8, 4) is 0 Å². The Morgan fingerprint density at radius 1 is 0.564 bits per heavy atom. The topological polar surface area (TPSA) is 26.8 Å². The Morgan fingerprint density at radius 2 is 0.974 bits per heavy atom. The Morgan fingerprint density at radius 3 is 1.38 bits per heavy atom. The Balaban J connectivity index is 2.13. The number of nitrogens with zero attached hydrogens (tertiary/aromatic N) is 1. The van der Waals surface area contributed by atoms with E-state index in [9.17, 15) is 5.84 Å². The van der Waals surface area contributed by atoms with Crippen molar-refractivity contribution in [1.29, 1.82) is 0 Å². The van der Waals surface area contributed by atoms with Gasteiger partial charge in [-0.1, -0.05) is 91.4 Å². The second-order valence-corrected chi connectivity index (χ2v) is 11.5. The zero-order valence-corrected chi connectivity index (χ0v) is 25.7. The highest BCUT2D eigenvalue weighted by Gasteiger charge is 2.29. The molecule has 2 heteroatoms. The fourth-order valence-electron chi connectivity index (χ4n) is 5.57. The van der Waals surface area contributed by atoms with E-state index in [0.29, 0.717) is 0 Å². The minimum Gasteiger partial charge on any atom is -0.448 e. The van der Waals surface area contributed by atoms with E-state index < -0.39 is 0 Å². The third-order valence-electron chi connectivity index (χ3n) is 7.90. The molecule has 0 fully saturated rings. The van der Waals surface area contributed by atoms with Gasteiger partial charge in [0.2, 0.25) is 11.4 Å². The molecule has 212 valence electrons. The van der Waals surface area contributed by atoms with Crippen LogP contribution in [0.2, 0.25) is 0 Å². The molecule has 0 spiro atoms. The van der Waals surface area contributed by atoms with Gasteiger partial charge in [0.25, 0.3) is 0 Å². The summed E-state index contributed by atoms with van der Waals surface area (Å²) < 4.78 is 1.75. The van der Waals surface area contributed by atoms with Gasteiger partial charge in [-0.15, -0.1) is 0 Å². The highest BCUT2D eigenvalue weighted by molar-refractivity contribution is 6.15. The van der Waals surface area contributed by atoms with E-state index in [1.807, 2.05) is 0 Å². The van der Waals surface area contributed by atoms with Crippen molar-refractivity contribution >= 4 is 11.4 Å². The number of aryl methyl sites for hydroxylation is 4. The van der Waals surface area contributed by atoms with Crippen LogP contribution >= 0.6 is 0 Å². The lowest BCUT2D eigenvalue weighted by molar-refractivity contribution is -0.347. The average molecular weight is 527 g/mol. The Bertz CT molecular complexity index is 1100. The first kappa shape index (κ1) is 30.9. The van der Waals surface area contributed by atoms with E-state index in [4.69, 9.17) is 0 Å². The average Bonchev–Trinajstić information content (AvgIpc) is 3.28. The summed E-state index contributed by atoms with van der Waals surface area (Å²) in [6.45, 7) is 11.3. The van der Waals surface area contributed by atoms with Gasteiger partial charge in [-0.2, -0.15) is 0 Å². The summed E-state index contributed by atoms with van der Waals surface area (Å²) in [7, 11) is 0. The monoisotopic (exact) mass is 526 g/mol. The molecule has 39 heavy (non-hydrogen) atoms. The highest BCUT2D eigenvalue weighted by atomic mass is 15.3. The van der Waals surface area contributed by atoms with Crippen LogP contribution in [0.15, 0.2) is 54.1 Å². The molecule has 0 aromatic heterocycles. The number of hydrogen-bond donors (Lipinski definition) is 0. The molecule has 2 nitrogen and oxygen atoms in total. The van der Waals surface area contributed by atoms with E-state index in [0.717, 1.165) is 43.5 Å². The van der Waals surface area contributed by atoms with E-state index in [1.54, 1.807) is 4.68 Å². The van der Waals surface area contributed by atoms with Gasteiger partial charge < -0.3 is 5.84 Å². The van der Waals surface area contributed by atoms with Gasteiger partial charge in [-0.25, -0.2) is 4.68 Å². The smallest absolute Gasteiger partial charge is 0.215 e. The molecule has 0 unspecified atom stereocenters. The Kier molecular flexibility index (Phi) is 13.1. The molecule has 0 aliphatic carbocycles. The largest absolute Gasteiger partial charge is 0.448 e. The summed E-state index contributed by atoms with van der Waals surface area (Å²) in [4.78, 5) is 0. The normalized spacial score (nSPS) is 14.5. The molecular weight excluding hydrogens is 472 g/mol.